The number of nitro groups is 3. The van der Waals surface area contributed by atoms with Gasteiger partial charge in [-0.05, 0) is 190 Å². The van der Waals surface area contributed by atoms with Crippen molar-refractivity contribution in [3.05, 3.63) is 417 Å². The summed E-state index contributed by atoms with van der Waals surface area (Å²) in [5.74, 6) is -3.18. The number of nitrogen functional groups attached to an aromatic ring is 1. The number of nitro benzene ring substituents is 3. The lowest BCUT2D eigenvalue weighted by Crippen LogP contribution is -2.17. The molecule has 32 nitrogen and oxygen atoms in total. The highest BCUT2D eigenvalue weighted by atomic mass is 32.1. The van der Waals surface area contributed by atoms with E-state index in [2.05, 4.69) is 48.4 Å². The normalized spacial score (nSPS) is 10.5. The van der Waals surface area contributed by atoms with Gasteiger partial charge < -0.3 is 54.8 Å². The highest BCUT2D eigenvalue weighted by molar-refractivity contribution is 7.22. The topological polar surface area (TPSA) is 519 Å². The van der Waals surface area contributed by atoms with Crippen molar-refractivity contribution < 1.29 is 67.5 Å². The molecule has 0 spiro atoms. The van der Waals surface area contributed by atoms with Crippen LogP contribution in [0.3, 0.4) is 0 Å². The summed E-state index contributed by atoms with van der Waals surface area (Å²) >= 11 is 5.09. The van der Waals surface area contributed by atoms with Crippen molar-refractivity contribution in [1.29, 1.82) is 0 Å². The molecule has 12 aromatic carbocycles. The van der Waals surface area contributed by atoms with Gasteiger partial charge in [-0.25, -0.2) is 0 Å². The number of thiophene rings is 4. The minimum absolute atomic E-state index is 0.00733. The third-order valence-electron chi connectivity index (χ3n) is 20.3. The number of hydrogen-bond donors (Lipinski definition) is 10. The smallest absolute Gasteiger partial charge is 0.270 e. The van der Waals surface area contributed by atoms with Crippen LogP contribution in [0.25, 0.3) is 67.8 Å². The van der Waals surface area contributed by atoms with Gasteiger partial charge in [0, 0.05) is 145 Å². The quantitative estimate of drug-likeness (QED) is 0.0138. The average molecular weight is 1910 g/mol. The third-order valence-corrected chi connectivity index (χ3v) is 24.7. The van der Waals surface area contributed by atoms with Crippen LogP contribution in [-0.2, 0) is 0 Å². The van der Waals surface area contributed by atoms with Gasteiger partial charge in [0.15, 0.2) is 17.3 Å². The zero-order chi connectivity index (χ0) is 98.5. The lowest BCUT2D eigenvalue weighted by Gasteiger charge is -2.10. The molecule has 138 heavy (non-hydrogen) atoms. The van der Waals surface area contributed by atoms with E-state index in [1.165, 1.54) is 109 Å². The molecule has 6 heterocycles. The van der Waals surface area contributed by atoms with Crippen LogP contribution in [-0.4, -0.2) is 89.3 Å². The van der Waals surface area contributed by atoms with Gasteiger partial charge in [-0.1, -0.05) is 110 Å². The molecule has 0 unspecified atom stereocenters. The van der Waals surface area contributed by atoms with Crippen molar-refractivity contribution in [3.8, 4) is 0 Å². The summed E-state index contributed by atoms with van der Waals surface area (Å²) in [6, 6.07) is 84.9. The highest BCUT2D eigenvalue weighted by Gasteiger charge is 2.22. The molecule has 0 bridgehead atoms. The number of nitrogens with one attached hydrogen (secondary N) is 6. The molecule has 18 rings (SSSR count). The Morgan fingerprint density at radius 2 is 0.616 bits per heavy atom. The number of non-ortho nitro benzene ring substituents is 3. The van der Waals surface area contributed by atoms with Crippen LogP contribution in [0.5, 0.6) is 0 Å². The number of carbonyl (C=O) groups excluding carboxylic acids is 11. The summed E-state index contributed by atoms with van der Waals surface area (Å²) in [5, 5.41) is 53.6. The lowest BCUT2D eigenvalue weighted by molar-refractivity contribution is -0.384. The first kappa shape index (κ1) is 97.1. The largest absolute Gasteiger partial charge is 0.399 e. The summed E-state index contributed by atoms with van der Waals surface area (Å²) in [4.78, 5) is 172. The number of hydrogen-bond acceptors (Lipinski definition) is 25. The lowest BCUT2D eigenvalue weighted by atomic mass is 10.1. The van der Waals surface area contributed by atoms with Crippen LogP contribution in [0.15, 0.2) is 322 Å². The minimum Gasteiger partial charge on any atom is -0.399 e. The molecule has 8 amide bonds. The SMILES string of the molecule is C=C(N)c1ccccc1NC(=O)c1cnc2ccccc2c1.CC(=O)c1ccc(NC(=O)c2cc3cc([N+](=O)[O-])ccc3s2)cc1.CC(=O)c1cccc(NC(=O)c2cc3cc([N+](=O)[O-])ccc3s2)c1.CC(=O)c1cccc(NC(=O)c2cnc3ccccc3c2)c1.NC(=O)c1ccccc1NC(=O)c1cc2cc(N)ccc2s1.NC(=O)c1ccccc1NC(=O)c1cc2cc([N+](=O)[O-])ccc2s1. The van der Waals surface area contributed by atoms with Gasteiger partial charge >= 0.3 is 0 Å². The monoisotopic (exact) mass is 1910 g/mol. The number of amides is 8. The maximum atomic E-state index is 12.4. The van der Waals surface area contributed by atoms with E-state index in [1.807, 2.05) is 84.9 Å². The number of fused-ring (bicyclic) bond motifs is 6. The zero-order valence-electron chi connectivity index (χ0n) is 72.8. The predicted octanol–water partition coefficient (Wildman–Crippen LogP) is 21.6. The van der Waals surface area contributed by atoms with Gasteiger partial charge in [0.2, 0.25) is 0 Å². The molecule has 0 aliphatic heterocycles. The highest BCUT2D eigenvalue weighted by Crippen LogP contribution is 2.35. The first-order valence-electron chi connectivity index (χ1n) is 41.2. The Hall–Kier alpha value is -18.4. The van der Waals surface area contributed by atoms with Crippen molar-refractivity contribution >= 4 is 235 Å². The van der Waals surface area contributed by atoms with E-state index in [0.717, 1.165) is 46.0 Å². The van der Waals surface area contributed by atoms with Crippen LogP contribution in [0.1, 0.15) is 138 Å². The molecule has 0 radical (unpaired) electrons. The molecule has 6 aromatic heterocycles. The molecule has 0 atom stereocenters. The number of carbonyl (C=O) groups is 11. The Balaban J connectivity index is 0.000000140. The fourth-order valence-electron chi connectivity index (χ4n) is 13.4. The van der Waals surface area contributed by atoms with Crippen molar-refractivity contribution in [3.63, 3.8) is 0 Å². The number of nitrogens with two attached hydrogens (primary N) is 4. The number of pyridine rings is 2. The summed E-state index contributed by atoms with van der Waals surface area (Å²) < 4.78 is 3.33. The van der Waals surface area contributed by atoms with E-state index in [1.54, 1.807) is 188 Å². The molecule has 686 valence electrons. The number of para-hydroxylation sites is 5. The Bertz CT molecular complexity index is 7930. The van der Waals surface area contributed by atoms with Gasteiger partial charge in [0.1, 0.15) is 0 Å². The van der Waals surface area contributed by atoms with Crippen molar-refractivity contribution in [1.82, 2.24) is 9.97 Å². The molecule has 0 saturated carbocycles. The first-order valence-corrected chi connectivity index (χ1v) is 44.5. The molecule has 18 aromatic rings. The predicted molar refractivity (Wildman–Crippen MR) is 542 cm³/mol. The summed E-state index contributed by atoms with van der Waals surface area (Å²) in [6.45, 7) is 8.15. The van der Waals surface area contributed by atoms with Crippen LogP contribution in [0.2, 0.25) is 0 Å². The fraction of sp³-hybridized carbons (Fsp3) is 0.0294. The molecular formula is C102H77N15O17S4. The molecule has 0 aliphatic rings. The average Bonchev–Trinajstić information content (AvgIpc) is 1.70. The first-order chi connectivity index (χ1) is 66.1. The number of aromatic nitrogens is 2. The summed E-state index contributed by atoms with van der Waals surface area (Å²) in [5.41, 5.74) is 31.6. The fourth-order valence-corrected chi connectivity index (χ4v) is 17.1. The molecular weight excluding hydrogens is 1840 g/mol. The van der Waals surface area contributed by atoms with Gasteiger partial charge in [-0.15, -0.1) is 45.3 Å². The van der Waals surface area contributed by atoms with Gasteiger partial charge in [0.25, 0.3) is 64.3 Å². The van der Waals surface area contributed by atoms with E-state index in [-0.39, 0.29) is 75.1 Å². The van der Waals surface area contributed by atoms with Crippen molar-refractivity contribution in [2.45, 2.75) is 20.8 Å². The number of anilines is 7. The van der Waals surface area contributed by atoms with Crippen LogP contribution < -0.4 is 54.8 Å². The maximum absolute atomic E-state index is 12.4. The molecule has 0 fully saturated rings. The number of primary amides is 2. The Morgan fingerprint density at radius 3 is 0.993 bits per heavy atom. The standard InChI is InChI=1S/C18H15N3O.C18H14N2O2.2C17H12N2O4S.C16H11N3O4S.C16H13N3O2S/c1-12(19)15-7-3-5-9-17(15)21-18(22)14-10-13-6-2-4-8-16(13)20-11-14;1-12(21)13-6-4-7-16(10-13)20-18(22)15-9-14-5-2-3-8-17(14)19-11-15;1-10(20)11-2-4-13(5-3-11)18-17(21)16-9-12-8-14(19(22)23)6-7-15(12)24-16;1-10(20)11-3-2-4-13(7-11)18-17(21)16-9-12-8-14(19(22)23)5-6-15(12)24-16;17-15(20)11-3-1-2-4-12(11)18-16(21)14-8-9-7-10(19(22)23)5-6-13(9)24-14;17-10-5-6-13-9(7-10)8-14(22-13)16(21)19-12-4-2-1-3-11(12)15(18)20/h2-11H,1,19H2,(H,21,22);2-11H,1H3,(H,20,22);2*2-9H,1H3,(H,18,21);1-8H,(H2,17,20)(H,18,21);1-8H,17H2,(H2,18,20)(H,19,21). The Kier molecular flexibility index (Phi) is 31.1. The number of nitrogens with zero attached hydrogens (tertiary/aromatic N) is 5. The van der Waals surface area contributed by atoms with Crippen LogP contribution in [0.4, 0.5) is 56.9 Å². The summed E-state index contributed by atoms with van der Waals surface area (Å²) in [7, 11) is 0. The Morgan fingerprint density at radius 1 is 0.297 bits per heavy atom. The molecule has 0 saturated heterocycles. The number of rotatable bonds is 21. The van der Waals surface area contributed by atoms with Crippen molar-refractivity contribution in [2.75, 3.05) is 37.6 Å². The van der Waals surface area contributed by atoms with Gasteiger partial charge in [-0.2, -0.15) is 0 Å². The third kappa shape index (κ3) is 25.1. The number of Topliss-reactive ketones (excluding diaryl/α,β-unsaturated/α-hetero) is 3. The second kappa shape index (κ2) is 44.2. The molecule has 14 N–H and O–H groups in total. The van der Waals surface area contributed by atoms with E-state index in [9.17, 15) is 83.1 Å². The van der Waals surface area contributed by atoms with Gasteiger partial charge in [0.05, 0.1) is 84.6 Å². The van der Waals surface area contributed by atoms with Crippen LogP contribution in [0, 0.1) is 30.3 Å². The van der Waals surface area contributed by atoms with E-state index >= 15 is 0 Å². The van der Waals surface area contributed by atoms with Crippen LogP contribution >= 0.6 is 45.3 Å². The minimum atomic E-state index is -0.641. The zero-order valence-corrected chi connectivity index (χ0v) is 76.1. The molecule has 0 aliphatic carbocycles. The molecule has 36 heteroatoms. The van der Waals surface area contributed by atoms with E-state index in [4.69, 9.17) is 22.9 Å². The second-order valence-corrected chi connectivity index (χ2v) is 34.4. The van der Waals surface area contributed by atoms with E-state index in [0.29, 0.717) is 115 Å². The Labute approximate surface area is 799 Å². The van der Waals surface area contributed by atoms with E-state index < -0.39 is 32.5 Å². The summed E-state index contributed by atoms with van der Waals surface area (Å²) in [6.07, 6.45) is 3.12. The second-order valence-electron chi connectivity index (χ2n) is 30.0. The van der Waals surface area contributed by atoms with Crippen molar-refractivity contribution in [2.24, 2.45) is 17.2 Å². The maximum Gasteiger partial charge on any atom is 0.270 e. The number of ketones is 3. The van der Waals surface area contributed by atoms with Gasteiger partial charge in [-0.3, -0.25) is 93.1 Å². The number of benzene rings is 12.